The maximum atomic E-state index is 12.4. The van der Waals surface area contributed by atoms with Gasteiger partial charge in [-0.1, -0.05) is 0 Å². The molecule has 1 rings (SSSR count). The molecule has 1 aliphatic rings. The van der Waals surface area contributed by atoms with Crippen LogP contribution < -0.4 is 5.32 Å². The minimum absolute atomic E-state index is 0.331. The van der Waals surface area contributed by atoms with Gasteiger partial charge in [-0.3, -0.25) is 0 Å². The fourth-order valence-electron chi connectivity index (χ4n) is 1.12. The van der Waals surface area contributed by atoms with Crippen molar-refractivity contribution in [1.82, 2.24) is 5.32 Å². The first-order valence-corrected chi connectivity index (χ1v) is 3.80. The van der Waals surface area contributed by atoms with Gasteiger partial charge in [-0.05, 0) is 12.8 Å². The Morgan fingerprint density at radius 3 is 2.89 bits per heavy atom. The summed E-state index contributed by atoms with van der Waals surface area (Å²) < 4.78 is 12.4. The van der Waals surface area contributed by atoms with E-state index in [-0.39, 0.29) is 0 Å². The van der Waals surface area contributed by atoms with Crippen LogP contribution >= 0.6 is 11.6 Å². The second kappa shape index (κ2) is 3.37. The molecular weight excluding hydrogens is 141 g/mol. The molecule has 0 amide bonds. The van der Waals surface area contributed by atoms with E-state index < -0.39 is 6.17 Å². The van der Waals surface area contributed by atoms with Gasteiger partial charge in [0.05, 0.1) is 0 Å². The molecule has 0 aromatic rings. The molecule has 0 aromatic carbocycles. The van der Waals surface area contributed by atoms with E-state index in [1.165, 1.54) is 0 Å². The van der Waals surface area contributed by atoms with Crippen LogP contribution in [0.25, 0.3) is 0 Å². The molecule has 1 N–H and O–H groups in total. The van der Waals surface area contributed by atoms with Crippen LogP contribution in [0.1, 0.15) is 12.8 Å². The number of halogens is 2. The summed E-state index contributed by atoms with van der Waals surface area (Å²) in [5, 5.41) is 3.05. The molecule has 2 atom stereocenters. The SMILES string of the molecule is FC1CNC(CCCl)C1. The molecule has 1 fully saturated rings. The van der Waals surface area contributed by atoms with Crippen LogP contribution in [0.5, 0.6) is 0 Å². The lowest BCUT2D eigenvalue weighted by Crippen LogP contribution is -2.21. The van der Waals surface area contributed by atoms with Crippen LogP contribution in [0, 0.1) is 0 Å². The topological polar surface area (TPSA) is 12.0 Å². The summed E-state index contributed by atoms with van der Waals surface area (Å²) in [5.41, 5.74) is 0. The number of rotatable bonds is 2. The first-order valence-electron chi connectivity index (χ1n) is 3.26. The van der Waals surface area contributed by atoms with Gasteiger partial charge in [-0.25, -0.2) is 4.39 Å². The quantitative estimate of drug-likeness (QED) is 0.587. The normalized spacial score (nSPS) is 35.3. The molecule has 0 spiro atoms. The van der Waals surface area contributed by atoms with Crippen LogP contribution in [-0.4, -0.2) is 24.6 Å². The van der Waals surface area contributed by atoms with Crippen molar-refractivity contribution in [2.24, 2.45) is 0 Å². The Kier molecular flexibility index (Phi) is 2.73. The Morgan fingerprint density at radius 1 is 1.67 bits per heavy atom. The average Bonchev–Trinajstić information content (AvgIpc) is 2.17. The number of hydrogen-bond acceptors (Lipinski definition) is 1. The summed E-state index contributed by atoms with van der Waals surface area (Å²) in [6, 6.07) is 0.331. The summed E-state index contributed by atoms with van der Waals surface area (Å²) >= 11 is 5.47. The van der Waals surface area contributed by atoms with Crippen LogP contribution in [0.2, 0.25) is 0 Å². The molecule has 0 aromatic heterocycles. The molecule has 1 heterocycles. The molecule has 3 heteroatoms. The Morgan fingerprint density at radius 2 is 2.44 bits per heavy atom. The zero-order chi connectivity index (χ0) is 6.69. The molecule has 2 unspecified atom stereocenters. The monoisotopic (exact) mass is 151 g/mol. The van der Waals surface area contributed by atoms with Gasteiger partial charge in [-0.2, -0.15) is 0 Å². The van der Waals surface area contributed by atoms with Gasteiger partial charge >= 0.3 is 0 Å². The van der Waals surface area contributed by atoms with Crippen LogP contribution in [-0.2, 0) is 0 Å². The molecule has 0 saturated carbocycles. The van der Waals surface area contributed by atoms with Crippen molar-refractivity contribution in [2.75, 3.05) is 12.4 Å². The van der Waals surface area contributed by atoms with Gasteiger partial charge in [0.25, 0.3) is 0 Å². The van der Waals surface area contributed by atoms with E-state index >= 15 is 0 Å². The molecule has 54 valence electrons. The highest BCUT2D eigenvalue weighted by atomic mass is 35.5. The zero-order valence-electron chi connectivity index (χ0n) is 5.24. The molecule has 1 aliphatic heterocycles. The highest BCUT2D eigenvalue weighted by Gasteiger charge is 2.22. The molecule has 9 heavy (non-hydrogen) atoms. The van der Waals surface area contributed by atoms with E-state index in [1.807, 2.05) is 0 Å². The molecular formula is C6H11ClFN. The maximum Gasteiger partial charge on any atom is 0.114 e. The average molecular weight is 152 g/mol. The highest BCUT2D eigenvalue weighted by molar-refractivity contribution is 6.17. The van der Waals surface area contributed by atoms with Gasteiger partial charge in [-0.15, -0.1) is 11.6 Å². The lowest BCUT2D eigenvalue weighted by Gasteiger charge is -2.04. The number of alkyl halides is 2. The first kappa shape index (κ1) is 7.29. The standard InChI is InChI=1S/C6H11ClFN/c7-2-1-6-3-5(8)4-9-6/h5-6,9H,1-4H2. The van der Waals surface area contributed by atoms with E-state index in [2.05, 4.69) is 5.32 Å². The third kappa shape index (κ3) is 2.11. The van der Waals surface area contributed by atoms with Crippen molar-refractivity contribution >= 4 is 11.6 Å². The van der Waals surface area contributed by atoms with Crippen molar-refractivity contribution in [3.8, 4) is 0 Å². The van der Waals surface area contributed by atoms with Crippen molar-refractivity contribution in [3.63, 3.8) is 0 Å². The summed E-state index contributed by atoms with van der Waals surface area (Å²) in [7, 11) is 0. The van der Waals surface area contributed by atoms with Crippen molar-refractivity contribution in [2.45, 2.75) is 25.1 Å². The number of hydrogen-bond donors (Lipinski definition) is 1. The van der Waals surface area contributed by atoms with E-state index in [9.17, 15) is 4.39 Å². The van der Waals surface area contributed by atoms with Crippen molar-refractivity contribution < 1.29 is 4.39 Å². The van der Waals surface area contributed by atoms with Gasteiger partial charge in [0.2, 0.25) is 0 Å². The minimum Gasteiger partial charge on any atom is -0.311 e. The largest absolute Gasteiger partial charge is 0.311 e. The predicted octanol–water partition coefficient (Wildman–Crippen LogP) is 1.32. The summed E-state index contributed by atoms with van der Waals surface area (Å²) in [5.74, 6) is 0.629. The summed E-state index contributed by atoms with van der Waals surface area (Å²) in [4.78, 5) is 0. The number of nitrogens with one attached hydrogen (secondary N) is 1. The Hall–Kier alpha value is 0.180. The predicted molar refractivity (Wildman–Crippen MR) is 36.6 cm³/mol. The van der Waals surface area contributed by atoms with E-state index in [1.54, 1.807) is 0 Å². The fourth-order valence-corrected chi connectivity index (χ4v) is 1.38. The fraction of sp³-hybridized carbons (Fsp3) is 1.00. The van der Waals surface area contributed by atoms with Crippen LogP contribution in [0.3, 0.4) is 0 Å². The molecule has 1 nitrogen and oxygen atoms in total. The van der Waals surface area contributed by atoms with Gasteiger partial charge < -0.3 is 5.32 Å². The van der Waals surface area contributed by atoms with Crippen LogP contribution in [0.4, 0.5) is 4.39 Å². The second-order valence-electron chi connectivity index (χ2n) is 2.42. The zero-order valence-corrected chi connectivity index (χ0v) is 5.99. The van der Waals surface area contributed by atoms with Crippen molar-refractivity contribution in [3.05, 3.63) is 0 Å². The summed E-state index contributed by atoms with van der Waals surface area (Å²) in [6.45, 7) is 0.515. The van der Waals surface area contributed by atoms with E-state index in [0.29, 0.717) is 24.9 Å². The smallest absolute Gasteiger partial charge is 0.114 e. The van der Waals surface area contributed by atoms with E-state index in [0.717, 1.165) is 6.42 Å². The van der Waals surface area contributed by atoms with Gasteiger partial charge in [0.15, 0.2) is 0 Å². The van der Waals surface area contributed by atoms with Gasteiger partial charge in [0.1, 0.15) is 6.17 Å². The molecule has 0 bridgehead atoms. The molecule has 0 radical (unpaired) electrons. The van der Waals surface area contributed by atoms with Gasteiger partial charge in [0, 0.05) is 18.5 Å². The maximum absolute atomic E-state index is 12.4. The highest BCUT2D eigenvalue weighted by Crippen LogP contribution is 2.12. The Balaban J connectivity index is 2.14. The van der Waals surface area contributed by atoms with E-state index in [4.69, 9.17) is 11.6 Å². The van der Waals surface area contributed by atoms with Crippen LogP contribution in [0.15, 0.2) is 0 Å². The Bertz CT molecular complexity index is 87.1. The lowest BCUT2D eigenvalue weighted by atomic mass is 10.2. The molecule has 0 aliphatic carbocycles. The third-order valence-electron chi connectivity index (χ3n) is 1.63. The Labute approximate surface area is 59.6 Å². The van der Waals surface area contributed by atoms with Crippen molar-refractivity contribution in [1.29, 1.82) is 0 Å². The summed E-state index contributed by atoms with van der Waals surface area (Å²) in [6.07, 6.45) is 0.896. The third-order valence-corrected chi connectivity index (χ3v) is 1.84. The minimum atomic E-state index is -0.641. The first-order chi connectivity index (χ1) is 4.33. The second-order valence-corrected chi connectivity index (χ2v) is 2.79. The lowest BCUT2D eigenvalue weighted by molar-refractivity contribution is 0.354. The molecule has 1 saturated heterocycles.